The molecule has 0 aliphatic rings. The second-order valence-corrected chi connectivity index (χ2v) is 6.43. The van der Waals surface area contributed by atoms with Crippen LogP contribution in [0.1, 0.15) is 0 Å². The second-order valence-electron chi connectivity index (χ2n) is 6.43. The minimum Gasteiger partial charge on any atom is -0.545 e. The molecule has 0 heterocycles. The van der Waals surface area contributed by atoms with Crippen molar-refractivity contribution in [2.75, 3.05) is 0 Å². The zero-order valence-corrected chi connectivity index (χ0v) is 15.5. The van der Waals surface area contributed by atoms with E-state index in [9.17, 15) is 102 Å². The molecule has 0 saturated carbocycles. The molecule has 23 heteroatoms. The number of aliphatic carboxylic acids is 1. The maximum Gasteiger partial charge on any atom is 0.460 e. The van der Waals surface area contributed by atoms with Gasteiger partial charge in [0.25, 0.3) is 0 Å². The Morgan fingerprint density at radius 2 is 0.611 bits per heavy atom. The summed E-state index contributed by atoms with van der Waals surface area (Å²) in [7, 11) is 0. The highest BCUT2D eigenvalue weighted by Gasteiger charge is 2.97. The van der Waals surface area contributed by atoms with E-state index in [1.807, 2.05) is 0 Å². The van der Waals surface area contributed by atoms with Crippen LogP contribution in [0.15, 0.2) is 12.2 Å². The quantitative estimate of drug-likeness (QED) is 0.247. The molecule has 0 bridgehead atoms. The van der Waals surface area contributed by atoms with Gasteiger partial charge in [-0.25, -0.2) is 0 Å². The summed E-state index contributed by atoms with van der Waals surface area (Å²) < 4.78 is 274. The highest BCUT2D eigenvalue weighted by Crippen LogP contribution is 2.66. The van der Waals surface area contributed by atoms with Crippen molar-refractivity contribution in [1.82, 2.24) is 0 Å². The predicted molar refractivity (Wildman–Crippen MR) is 64.7 cm³/mol. The van der Waals surface area contributed by atoms with E-state index in [0.717, 1.165) is 0 Å². The molecule has 0 spiro atoms. The Morgan fingerprint density at radius 1 is 0.417 bits per heavy atom. The zero-order chi connectivity index (χ0) is 30.2. The Bertz CT molecular complexity index is 879. The minimum atomic E-state index is -9.29. The molecule has 0 aliphatic heterocycles. The summed E-state index contributed by atoms with van der Waals surface area (Å²) in [5.74, 6) is -82.8. The average Bonchev–Trinajstić information content (AvgIpc) is 2.64. The van der Waals surface area contributed by atoms with Gasteiger partial charge in [0.1, 0.15) is 0 Å². The molecular formula is C13H2F21O2-. The van der Waals surface area contributed by atoms with Crippen molar-refractivity contribution in [3.8, 4) is 0 Å². The molecule has 0 rings (SSSR count). The summed E-state index contributed by atoms with van der Waals surface area (Å²) >= 11 is 0. The van der Waals surface area contributed by atoms with Gasteiger partial charge in [-0.2, -0.15) is 92.2 Å². The van der Waals surface area contributed by atoms with Crippen molar-refractivity contribution < 1.29 is 102 Å². The van der Waals surface area contributed by atoms with E-state index in [2.05, 4.69) is 0 Å². The van der Waals surface area contributed by atoms with Crippen LogP contribution < -0.4 is 5.11 Å². The third-order valence-corrected chi connectivity index (χ3v) is 4.14. The number of rotatable bonds is 10. The molecule has 0 atom stereocenters. The molecule has 0 N–H and O–H groups in total. The van der Waals surface area contributed by atoms with Gasteiger partial charge in [0.15, 0.2) is 0 Å². The standard InChI is InChI=1S/C13H3F21O2/c1-2(3(35)36)4(14,15)5(16,17)6(18,19)7(20,21)8(22,23)9(24,25)10(26,27)11(28,29)12(30,31)13(32,33)34/h1H2,(H,35,36)/p-1. The molecule has 0 aliphatic carbocycles. The molecule has 2 nitrogen and oxygen atoms in total. The third kappa shape index (κ3) is 3.81. The van der Waals surface area contributed by atoms with E-state index in [0.29, 0.717) is 0 Å². The zero-order valence-electron chi connectivity index (χ0n) is 15.5. The molecular weight excluding hydrogens is 587 g/mol. The van der Waals surface area contributed by atoms with Gasteiger partial charge < -0.3 is 9.90 Å². The monoisotopic (exact) mass is 589 g/mol. The number of carbonyl (C=O) groups is 1. The first-order chi connectivity index (χ1) is 15.1. The maximum absolute atomic E-state index is 13.4. The van der Waals surface area contributed by atoms with Crippen molar-refractivity contribution in [3.63, 3.8) is 0 Å². The van der Waals surface area contributed by atoms with Crippen molar-refractivity contribution in [2.45, 2.75) is 59.5 Å². The minimum absolute atomic E-state index is 1.41. The van der Waals surface area contributed by atoms with E-state index in [1.54, 1.807) is 0 Å². The van der Waals surface area contributed by atoms with Crippen LogP contribution >= 0.6 is 0 Å². The molecule has 0 aromatic heterocycles. The lowest BCUT2D eigenvalue weighted by Crippen LogP contribution is -2.77. The van der Waals surface area contributed by atoms with E-state index in [4.69, 9.17) is 0 Å². The number of carboxylic acid groups (broad SMARTS) is 1. The Morgan fingerprint density at radius 3 is 0.806 bits per heavy atom. The first-order valence-electron chi connectivity index (χ1n) is 7.48. The van der Waals surface area contributed by atoms with Crippen LogP contribution in [-0.2, 0) is 4.79 Å². The number of carboxylic acids is 1. The molecule has 214 valence electrons. The van der Waals surface area contributed by atoms with Gasteiger partial charge in [-0.3, -0.25) is 0 Å². The van der Waals surface area contributed by atoms with E-state index in [1.165, 1.54) is 6.58 Å². The first kappa shape index (κ1) is 33.7. The highest BCUT2D eigenvalue weighted by molar-refractivity contribution is 5.86. The van der Waals surface area contributed by atoms with Crippen LogP contribution in [0.3, 0.4) is 0 Å². The molecule has 0 aromatic carbocycles. The van der Waals surface area contributed by atoms with Gasteiger partial charge in [0.2, 0.25) is 0 Å². The maximum atomic E-state index is 13.4. The lowest BCUT2D eigenvalue weighted by Gasteiger charge is -2.44. The van der Waals surface area contributed by atoms with Crippen LogP contribution in [-0.4, -0.2) is 65.4 Å². The summed E-state index contributed by atoms with van der Waals surface area (Å²) in [6, 6.07) is 0. The number of carbonyl (C=O) groups excluding carboxylic acids is 1. The second kappa shape index (κ2) is 8.12. The van der Waals surface area contributed by atoms with Crippen molar-refractivity contribution in [1.29, 1.82) is 0 Å². The fraction of sp³-hybridized carbons (Fsp3) is 0.769. The Hall–Kier alpha value is -2.26. The largest absolute Gasteiger partial charge is 0.545 e. The topological polar surface area (TPSA) is 40.1 Å². The number of alkyl halides is 21. The van der Waals surface area contributed by atoms with E-state index < -0.39 is 71.0 Å². The molecule has 0 aromatic rings. The molecule has 0 radical (unpaired) electrons. The molecule has 0 fully saturated rings. The molecule has 0 unspecified atom stereocenters. The predicted octanol–water partition coefficient (Wildman–Crippen LogP) is 5.57. The average molecular weight is 589 g/mol. The molecule has 0 amide bonds. The third-order valence-electron chi connectivity index (χ3n) is 4.14. The Labute approximate surface area is 181 Å². The summed E-state index contributed by atoms with van der Waals surface area (Å²) in [5, 5.41) is 10.1. The van der Waals surface area contributed by atoms with Crippen LogP contribution in [0.2, 0.25) is 0 Å². The van der Waals surface area contributed by atoms with Gasteiger partial charge in [0.05, 0.1) is 5.97 Å². The lowest BCUT2D eigenvalue weighted by atomic mass is 9.85. The number of hydrogen-bond donors (Lipinski definition) is 0. The summed E-state index contributed by atoms with van der Waals surface area (Å²) in [6.07, 6.45) is -8.06. The highest BCUT2D eigenvalue weighted by atomic mass is 19.4. The molecule has 36 heavy (non-hydrogen) atoms. The van der Waals surface area contributed by atoms with Crippen molar-refractivity contribution >= 4 is 5.97 Å². The smallest absolute Gasteiger partial charge is 0.460 e. The summed E-state index contributed by atoms with van der Waals surface area (Å²) in [5.41, 5.74) is -3.65. The van der Waals surface area contributed by atoms with Gasteiger partial charge in [-0.05, 0) is 0 Å². The summed E-state index contributed by atoms with van der Waals surface area (Å²) in [4.78, 5) is 10.1. The fourth-order valence-electron chi connectivity index (χ4n) is 1.88. The molecule has 0 saturated heterocycles. The first-order valence-corrected chi connectivity index (χ1v) is 7.48. The Kier molecular flexibility index (Phi) is 7.61. The van der Waals surface area contributed by atoms with Gasteiger partial charge >= 0.3 is 59.5 Å². The fourth-order valence-corrected chi connectivity index (χ4v) is 1.88. The van der Waals surface area contributed by atoms with Crippen LogP contribution in [0, 0.1) is 0 Å². The van der Waals surface area contributed by atoms with Crippen LogP contribution in [0.5, 0.6) is 0 Å². The number of halogens is 21. The van der Waals surface area contributed by atoms with Gasteiger partial charge in [-0.15, -0.1) is 0 Å². The van der Waals surface area contributed by atoms with Crippen LogP contribution in [0.4, 0.5) is 92.2 Å². The SMILES string of the molecule is C=C(C(=O)[O-])C(F)(F)C(F)(F)C(F)(F)C(F)(F)C(F)(F)C(F)(F)C(F)(F)C(F)(F)C(F)(F)C(F)(F)F. The summed E-state index contributed by atoms with van der Waals surface area (Å²) in [6.45, 7) is 1.41. The van der Waals surface area contributed by atoms with E-state index >= 15 is 0 Å². The van der Waals surface area contributed by atoms with Crippen molar-refractivity contribution in [3.05, 3.63) is 12.2 Å². The number of hydrogen-bond acceptors (Lipinski definition) is 2. The normalized spacial score (nSPS) is 16.2. The van der Waals surface area contributed by atoms with Gasteiger partial charge in [0, 0.05) is 5.57 Å². The Balaban J connectivity index is 7.17. The van der Waals surface area contributed by atoms with Crippen LogP contribution in [0.25, 0.3) is 0 Å². The van der Waals surface area contributed by atoms with Gasteiger partial charge in [-0.1, -0.05) is 6.58 Å². The van der Waals surface area contributed by atoms with Crippen molar-refractivity contribution in [2.24, 2.45) is 0 Å². The lowest BCUT2D eigenvalue weighted by molar-refractivity contribution is -0.473. The van der Waals surface area contributed by atoms with E-state index in [-0.39, 0.29) is 0 Å².